The quantitative estimate of drug-likeness (QED) is 0.643. The summed E-state index contributed by atoms with van der Waals surface area (Å²) >= 11 is 0. The molecule has 0 spiro atoms. The van der Waals surface area contributed by atoms with Crippen LogP contribution in [0, 0.1) is 0 Å². The Balaban J connectivity index is 2.08. The van der Waals surface area contributed by atoms with Gasteiger partial charge in [-0.25, -0.2) is 4.98 Å². The third kappa shape index (κ3) is 4.42. The summed E-state index contributed by atoms with van der Waals surface area (Å²) in [5.41, 5.74) is 6.81. The van der Waals surface area contributed by atoms with Gasteiger partial charge in [-0.15, -0.1) is 0 Å². The van der Waals surface area contributed by atoms with Crippen LogP contribution in [0.15, 0.2) is 42.9 Å². The van der Waals surface area contributed by atoms with E-state index in [9.17, 15) is 14.4 Å². The molecule has 0 unspecified atom stereocenters. The fourth-order valence-corrected chi connectivity index (χ4v) is 2.28. The summed E-state index contributed by atoms with van der Waals surface area (Å²) in [6.45, 7) is -0.0313. The van der Waals surface area contributed by atoms with Crippen LogP contribution in [-0.2, 0) is 20.9 Å². The highest BCUT2D eigenvalue weighted by atomic mass is 16.2. The summed E-state index contributed by atoms with van der Waals surface area (Å²) in [6.07, 6.45) is 2.92. The predicted octanol–water partition coefficient (Wildman–Crippen LogP) is -0.344. The molecular weight excluding hydrogens is 310 g/mol. The number of aromatic nitrogens is 2. The third-order valence-corrected chi connectivity index (χ3v) is 3.40. The van der Waals surface area contributed by atoms with E-state index >= 15 is 0 Å². The Kier molecular flexibility index (Phi) is 5.67. The molecule has 1 aromatic heterocycles. The summed E-state index contributed by atoms with van der Waals surface area (Å²) in [5.74, 6) is -1.56. The maximum atomic E-state index is 12.2. The molecule has 126 valence electrons. The second-order valence-corrected chi connectivity index (χ2v) is 5.18. The van der Waals surface area contributed by atoms with Crippen molar-refractivity contribution < 1.29 is 14.4 Å². The normalized spacial score (nSPS) is 11.5. The highest BCUT2D eigenvalue weighted by molar-refractivity contribution is 5.91. The van der Waals surface area contributed by atoms with Crippen LogP contribution < -0.4 is 16.4 Å². The SMILES string of the molecule is CNC(=O)[C@H](CC(N)=O)NC(=O)Cn1cncc1-c1ccccc1. The number of carbonyl (C=O) groups is 3. The molecule has 0 bridgehead atoms. The van der Waals surface area contributed by atoms with Crippen molar-refractivity contribution in [3.8, 4) is 11.3 Å². The summed E-state index contributed by atoms with van der Waals surface area (Å²) in [7, 11) is 1.42. The number of carbonyl (C=O) groups excluding carboxylic acids is 3. The molecule has 0 saturated heterocycles. The molecule has 0 aliphatic heterocycles. The van der Waals surface area contributed by atoms with E-state index in [4.69, 9.17) is 5.73 Å². The molecule has 2 aromatic rings. The zero-order valence-electron chi connectivity index (χ0n) is 13.2. The Bertz CT molecular complexity index is 726. The van der Waals surface area contributed by atoms with Gasteiger partial charge >= 0.3 is 0 Å². The van der Waals surface area contributed by atoms with Crippen LogP contribution in [0.5, 0.6) is 0 Å². The molecule has 0 saturated carbocycles. The number of primary amides is 1. The lowest BCUT2D eigenvalue weighted by molar-refractivity contribution is -0.131. The Morgan fingerprint density at radius 2 is 1.96 bits per heavy atom. The minimum absolute atomic E-state index is 0.0313. The van der Waals surface area contributed by atoms with E-state index in [1.54, 1.807) is 10.8 Å². The average molecular weight is 329 g/mol. The van der Waals surface area contributed by atoms with Gasteiger partial charge in [0.1, 0.15) is 12.6 Å². The van der Waals surface area contributed by atoms with Crippen molar-refractivity contribution >= 4 is 17.7 Å². The van der Waals surface area contributed by atoms with Crippen molar-refractivity contribution in [1.29, 1.82) is 0 Å². The standard InChI is InChI=1S/C16H19N5O3/c1-18-16(24)12(7-14(17)22)20-15(23)9-21-10-19-8-13(21)11-5-3-2-4-6-11/h2-6,8,10,12H,7,9H2,1H3,(H2,17,22)(H,18,24)(H,20,23)/t12-/m0/s1. The molecule has 8 heteroatoms. The van der Waals surface area contributed by atoms with Crippen LogP contribution in [0.2, 0.25) is 0 Å². The first kappa shape index (κ1) is 17.2. The number of hydrogen-bond acceptors (Lipinski definition) is 4. The van der Waals surface area contributed by atoms with Gasteiger partial charge in [-0.1, -0.05) is 30.3 Å². The number of nitrogens with two attached hydrogens (primary N) is 1. The number of rotatable bonds is 7. The van der Waals surface area contributed by atoms with Crippen molar-refractivity contribution in [3.05, 3.63) is 42.9 Å². The van der Waals surface area contributed by atoms with Gasteiger partial charge < -0.3 is 20.9 Å². The first-order valence-electron chi connectivity index (χ1n) is 7.36. The molecule has 4 N–H and O–H groups in total. The highest BCUT2D eigenvalue weighted by Crippen LogP contribution is 2.18. The molecule has 0 radical (unpaired) electrons. The fourth-order valence-electron chi connectivity index (χ4n) is 2.28. The maximum Gasteiger partial charge on any atom is 0.242 e. The molecule has 2 rings (SSSR count). The minimum atomic E-state index is -0.997. The van der Waals surface area contributed by atoms with Crippen LogP contribution in [0.3, 0.4) is 0 Å². The Hall–Kier alpha value is -3.16. The molecular formula is C16H19N5O3. The lowest BCUT2D eigenvalue weighted by Gasteiger charge is -2.16. The molecule has 0 aliphatic carbocycles. The van der Waals surface area contributed by atoms with Gasteiger partial charge in [-0.2, -0.15) is 0 Å². The van der Waals surface area contributed by atoms with E-state index in [0.29, 0.717) is 0 Å². The number of benzene rings is 1. The Labute approximate surface area is 139 Å². The molecule has 1 heterocycles. The summed E-state index contributed by atoms with van der Waals surface area (Å²) in [5, 5.41) is 4.91. The van der Waals surface area contributed by atoms with Gasteiger partial charge in [-0.05, 0) is 5.56 Å². The number of amides is 3. The third-order valence-electron chi connectivity index (χ3n) is 3.40. The Morgan fingerprint density at radius 3 is 2.58 bits per heavy atom. The van der Waals surface area contributed by atoms with E-state index in [1.807, 2.05) is 30.3 Å². The van der Waals surface area contributed by atoms with E-state index in [2.05, 4.69) is 15.6 Å². The highest BCUT2D eigenvalue weighted by Gasteiger charge is 2.22. The van der Waals surface area contributed by atoms with Crippen molar-refractivity contribution in [1.82, 2.24) is 20.2 Å². The van der Waals surface area contributed by atoms with Crippen LogP contribution in [-0.4, -0.2) is 40.4 Å². The summed E-state index contributed by atoms with van der Waals surface area (Å²) in [4.78, 5) is 39.0. The first-order valence-corrected chi connectivity index (χ1v) is 7.36. The van der Waals surface area contributed by atoms with Crippen LogP contribution in [0.25, 0.3) is 11.3 Å². The number of likely N-dealkylation sites (N-methyl/N-ethyl adjacent to an activating group) is 1. The van der Waals surface area contributed by atoms with Gasteiger partial charge in [0.05, 0.1) is 24.6 Å². The minimum Gasteiger partial charge on any atom is -0.370 e. The molecule has 1 atom stereocenters. The second-order valence-electron chi connectivity index (χ2n) is 5.18. The largest absolute Gasteiger partial charge is 0.370 e. The first-order chi connectivity index (χ1) is 11.5. The molecule has 0 fully saturated rings. The van der Waals surface area contributed by atoms with Crippen molar-refractivity contribution in [2.75, 3.05) is 7.05 Å². The van der Waals surface area contributed by atoms with Gasteiger partial charge in [0.25, 0.3) is 0 Å². The number of nitrogens with zero attached hydrogens (tertiary/aromatic N) is 2. The predicted molar refractivity (Wildman–Crippen MR) is 87.5 cm³/mol. The summed E-state index contributed by atoms with van der Waals surface area (Å²) < 4.78 is 1.66. The van der Waals surface area contributed by atoms with E-state index in [0.717, 1.165) is 11.3 Å². The number of nitrogens with one attached hydrogen (secondary N) is 2. The molecule has 1 aromatic carbocycles. The topological polar surface area (TPSA) is 119 Å². The van der Waals surface area contributed by atoms with E-state index < -0.39 is 23.8 Å². The Morgan fingerprint density at radius 1 is 1.25 bits per heavy atom. The van der Waals surface area contributed by atoms with E-state index in [1.165, 1.54) is 13.4 Å². The smallest absolute Gasteiger partial charge is 0.242 e. The zero-order valence-corrected chi connectivity index (χ0v) is 13.2. The summed E-state index contributed by atoms with van der Waals surface area (Å²) in [6, 6.07) is 8.50. The number of imidazole rings is 1. The van der Waals surface area contributed by atoms with Gasteiger partial charge in [0.2, 0.25) is 17.7 Å². The lowest BCUT2D eigenvalue weighted by Crippen LogP contribution is -2.48. The lowest BCUT2D eigenvalue weighted by atomic mass is 10.1. The molecule has 8 nitrogen and oxygen atoms in total. The van der Waals surface area contributed by atoms with Crippen LogP contribution in [0.1, 0.15) is 6.42 Å². The van der Waals surface area contributed by atoms with Gasteiger partial charge in [0.15, 0.2) is 0 Å². The zero-order chi connectivity index (χ0) is 17.5. The molecule has 0 aliphatic rings. The average Bonchev–Trinajstić information content (AvgIpc) is 3.01. The van der Waals surface area contributed by atoms with Crippen molar-refractivity contribution in [2.45, 2.75) is 19.0 Å². The van der Waals surface area contributed by atoms with Crippen LogP contribution >= 0.6 is 0 Å². The molecule has 24 heavy (non-hydrogen) atoms. The van der Waals surface area contributed by atoms with Crippen molar-refractivity contribution in [3.63, 3.8) is 0 Å². The van der Waals surface area contributed by atoms with Gasteiger partial charge in [0, 0.05) is 7.05 Å². The fraction of sp³-hybridized carbons (Fsp3) is 0.250. The monoisotopic (exact) mass is 329 g/mol. The van der Waals surface area contributed by atoms with Crippen LogP contribution in [0.4, 0.5) is 0 Å². The number of hydrogen-bond donors (Lipinski definition) is 3. The van der Waals surface area contributed by atoms with Gasteiger partial charge in [-0.3, -0.25) is 14.4 Å². The molecule has 3 amide bonds. The van der Waals surface area contributed by atoms with Crippen molar-refractivity contribution in [2.24, 2.45) is 5.73 Å². The second kappa shape index (κ2) is 7.91. The van der Waals surface area contributed by atoms with E-state index in [-0.39, 0.29) is 13.0 Å². The maximum absolute atomic E-state index is 12.2.